The van der Waals surface area contributed by atoms with E-state index in [9.17, 15) is 24.6 Å². The molecule has 33 heavy (non-hydrogen) atoms. The molecule has 1 amide bonds. The molecule has 8 nitrogen and oxygen atoms in total. The van der Waals surface area contributed by atoms with Gasteiger partial charge in [0.05, 0.1) is 12.7 Å². The number of rotatable bonds is 5. The minimum atomic E-state index is -0.959. The molecule has 0 fully saturated rings. The summed E-state index contributed by atoms with van der Waals surface area (Å²) >= 11 is 1.34. The zero-order valence-electron chi connectivity index (χ0n) is 18.0. The molecular formula is C24H23NO7S. The van der Waals surface area contributed by atoms with Crippen molar-refractivity contribution in [2.75, 3.05) is 19.0 Å². The number of carbonyl (C=O) groups excluding carboxylic acids is 3. The first-order chi connectivity index (χ1) is 15.9. The lowest BCUT2D eigenvalue weighted by atomic mass is 10.0. The first-order valence-electron chi connectivity index (χ1n) is 10.5. The van der Waals surface area contributed by atoms with Gasteiger partial charge in [0, 0.05) is 15.6 Å². The van der Waals surface area contributed by atoms with E-state index in [1.807, 2.05) is 0 Å². The van der Waals surface area contributed by atoms with Crippen LogP contribution in [0.5, 0.6) is 11.5 Å². The smallest absolute Gasteiger partial charge is 0.342 e. The Bertz CT molecular complexity index is 1250. The molecule has 0 saturated heterocycles. The Kier molecular flexibility index (Phi) is 6.50. The van der Waals surface area contributed by atoms with Crippen molar-refractivity contribution in [3.05, 3.63) is 51.9 Å². The van der Waals surface area contributed by atoms with E-state index in [0.717, 1.165) is 48.6 Å². The molecule has 0 spiro atoms. The van der Waals surface area contributed by atoms with Crippen LogP contribution in [0.2, 0.25) is 0 Å². The summed E-state index contributed by atoms with van der Waals surface area (Å²) in [4.78, 5) is 38.4. The highest BCUT2D eigenvalue weighted by atomic mass is 32.1. The molecule has 0 aliphatic heterocycles. The summed E-state index contributed by atoms with van der Waals surface area (Å²) in [7, 11) is 1.29. The Balaban J connectivity index is 1.49. The Morgan fingerprint density at radius 3 is 2.52 bits per heavy atom. The number of anilines is 1. The lowest BCUT2D eigenvalue weighted by molar-refractivity contribution is -0.119. The standard InChI is InChI=1S/C24H23NO7S/c1-31-24(30)20-15-9-3-2-4-10-18(15)33-22(20)25-19(27)12-32-23(29)16-11-17(26)13-7-5-6-8-14(13)21(16)28/h5-8,11,26,28H,2-4,9-10,12H2,1H3,(H,25,27). The fraction of sp³-hybridized carbons (Fsp3) is 0.292. The Hall–Kier alpha value is -3.59. The van der Waals surface area contributed by atoms with Gasteiger partial charge in [-0.1, -0.05) is 30.7 Å². The van der Waals surface area contributed by atoms with Crippen LogP contribution in [0.25, 0.3) is 10.8 Å². The second-order valence-corrected chi connectivity index (χ2v) is 8.83. The number of phenolic OH excluding ortho intramolecular Hbond substituents is 2. The van der Waals surface area contributed by atoms with Gasteiger partial charge in [-0.15, -0.1) is 11.3 Å². The SMILES string of the molecule is COC(=O)c1c(NC(=O)COC(=O)c2cc(O)c3ccccc3c2O)sc2c1CCCCC2. The van der Waals surface area contributed by atoms with Gasteiger partial charge in [-0.3, -0.25) is 4.79 Å². The zero-order valence-corrected chi connectivity index (χ0v) is 18.8. The van der Waals surface area contributed by atoms with Crippen LogP contribution in [-0.2, 0) is 27.1 Å². The molecule has 172 valence electrons. The Morgan fingerprint density at radius 2 is 1.76 bits per heavy atom. The van der Waals surface area contributed by atoms with Crippen molar-refractivity contribution in [1.82, 2.24) is 0 Å². The van der Waals surface area contributed by atoms with E-state index in [4.69, 9.17) is 9.47 Å². The molecule has 0 bridgehead atoms. The normalized spacial score (nSPS) is 13.1. The number of benzene rings is 2. The summed E-state index contributed by atoms with van der Waals surface area (Å²) in [6.45, 7) is -0.630. The van der Waals surface area contributed by atoms with Gasteiger partial charge in [-0.2, -0.15) is 0 Å². The highest BCUT2D eigenvalue weighted by Crippen LogP contribution is 2.38. The van der Waals surface area contributed by atoms with Gasteiger partial charge in [0.1, 0.15) is 22.1 Å². The number of thiophene rings is 1. The van der Waals surface area contributed by atoms with Gasteiger partial charge >= 0.3 is 11.9 Å². The predicted molar refractivity (Wildman–Crippen MR) is 123 cm³/mol. The van der Waals surface area contributed by atoms with Crippen molar-refractivity contribution in [1.29, 1.82) is 0 Å². The zero-order chi connectivity index (χ0) is 23.5. The second kappa shape index (κ2) is 9.50. The van der Waals surface area contributed by atoms with E-state index >= 15 is 0 Å². The number of hydrogen-bond donors (Lipinski definition) is 3. The quantitative estimate of drug-likeness (QED) is 0.291. The molecule has 0 radical (unpaired) electrons. The lowest BCUT2D eigenvalue weighted by Crippen LogP contribution is -2.21. The average Bonchev–Trinajstić information content (AvgIpc) is 2.99. The third-order valence-electron chi connectivity index (χ3n) is 5.61. The fourth-order valence-electron chi connectivity index (χ4n) is 4.02. The average molecular weight is 470 g/mol. The van der Waals surface area contributed by atoms with Gasteiger partial charge in [0.15, 0.2) is 6.61 Å². The maximum Gasteiger partial charge on any atom is 0.342 e. The molecule has 1 aromatic heterocycles. The monoisotopic (exact) mass is 469 g/mol. The Labute approximate surface area is 193 Å². The molecule has 9 heteroatoms. The number of methoxy groups -OCH3 is 1. The van der Waals surface area contributed by atoms with E-state index in [-0.39, 0.29) is 22.4 Å². The number of nitrogens with one attached hydrogen (secondary N) is 1. The van der Waals surface area contributed by atoms with Gasteiger partial charge < -0.3 is 25.0 Å². The Morgan fingerprint density at radius 1 is 1.03 bits per heavy atom. The molecule has 0 saturated carbocycles. The highest BCUT2D eigenvalue weighted by molar-refractivity contribution is 7.17. The van der Waals surface area contributed by atoms with Crippen molar-refractivity contribution in [3.63, 3.8) is 0 Å². The first kappa shape index (κ1) is 22.6. The highest BCUT2D eigenvalue weighted by Gasteiger charge is 2.27. The molecular weight excluding hydrogens is 446 g/mol. The van der Waals surface area contributed by atoms with E-state index in [1.165, 1.54) is 18.4 Å². The number of phenols is 2. The molecule has 1 aliphatic rings. The summed E-state index contributed by atoms with van der Waals surface area (Å²) in [5, 5.41) is 24.3. The molecule has 0 unspecified atom stereocenters. The summed E-state index contributed by atoms with van der Waals surface area (Å²) in [5.41, 5.74) is 1.02. The van der Waals surface area contributed by atoms with Crippen LogP contribution in [0.1, 0.15) is 50.4 Å². The van der Waals surface area contributed by atoms with Gasteiger partial charge in [-0.05, 0) is 37.3 Å². The van der Waals surface area contributed by atoms with Crippen LogP contribution in [0.15, 0.2) is 30.3 Å². The summed E-state index contributed by atoms with van der Waals surface area (Å²) in [6, 6.07) is 7.61. The molecule has 0 atom stereocenters. The van der Waals surface area contributed by atoms with Gasteiger partial charge in [-0.25, -0.2) is 9.59 Å². The van der Waals surface area contributed by atoms with E-state index < -0.39 is 24.5 Å². The van der Waals surface area contributed by atoms with Crippen molar-refractivity contribution >= 4 is 45.0 Å². The third-order valence-corrected chi connectivity index (χ3v) is 6.82. The predicted octanol–water partition coefficient (Wildman–Crippen LogP) is 4.16. The van der Waals surface area contributed by atoms with Crippen molar-refractivity contribution in [2.45, 2.75) is 32.1 Å². The molecule has 4 rings (SSSR count). The third kappa shape index (κ3) is 4.49. The first-order valence-corrected chi connectivity index (χ1v) is 11.4. The van der Waals surface area contributed by atoms with Crippen LogP contribution in [0, 0.1) is 0 Å². The number of aromatic hydroxyl groups is 2. The van der Waals surface area contributed by atoms with E-state index in [0.29, 0.717) is 16.0 Å². The minimum Gasteiger partial charge on any atom is -0.507 e. The maximum atomic E-state index is 12.5. The number of amides is 1. The number of hydrogen-bond acceptors (Lipinski definition) is 8. The molecule has 3 N–H and O–H groups in total. The number of carbonyl (C=O) groups is 3. The van der Waals surface area contributed by atoms with Crippen LogP contribution < -0.4 is 5.32 Å². The van der Waals surface area contributed by atoms with Gasteiger partial charge in [0.25, 0.3) is 5.91 Å². The summed E-state index contributed by atoms with van der Waals surface area (Å²) in [6.07, 6.45) is 4.63. The van der Waals surface area contributed by atoms with Crippen LogP contribution in [-0.4, -0.2) is 41.8 Å². The van der Waals surface area contributed by atoms with Crippen molar-refractivity contribution in [3.8, 4) is 11.5 Å². The molecule has 1 aliphatic carbocycles. The lowest BCUT2D eigenvalue weighted by Gasteiger charge is -2.10. The topological polar surface area (TPSA) is 122 Å². The van der Waals surface area contributed by atoms with Gasteiger partial charge in [0.2, 0.25) is 0 Å². The largest absolute Gasteiger partial charge is 0.507 e. The second-order valence-electron chi connectivity index (χ2n) is 7.72. The molecule has 1 heterocycles. The number of aryl methyl sites for hydroxylation is 1. The summed E-state index contributed by atoms with van der Waals surface area (Å²) < 4.78 is 9.98. The number of esters is 2. The number of ether oxygens (including phenoxy) is 2. The molecule has 3 aromatic rings. The van der Waals surface area contributed by atoms with Crippen LogP contribution >= 0.6 is 11.3 Å². The fourth-order valence-corrected chi connectivity index (χ4v) is 5.31. The van der Waals surface area contributed by atoms with Crippen LogP contribution in [0.4, 0.5) is 5.00 Å². The maximum absolute atomic E-state index is 12.5. The molecule has 2 aromatic carbocycles. The number of fused-ring (bicyclic) bond motifs is 2. The van der Waals surface area contributed by atoms with Crippen molar-refractivity contribution in [2.24, 2.45) is 0 Å². The summed E-state index contributed by atoms with van der Waals surface area (Å²) in [5.74, 6) is -2.64. The van der Waals surface area contributed by atoms with E-state index in [2.05, 4.69) is 5.32 Å². The van der Waals surface area contributed by atoms with E-state index in [1.54, 1.807) is 24.3 Å². The van der Waals surface area contributed by atoms with Crippen molar-refractivity contribution < 1.29 is 34.1 Å². The van der Waals surface area contributed by atoms with Crippen LogP contribution in [0.3, 0.4) is 0 Å². The minimum absolute atomic E-state index is 0.192.